The number of anilines is 1. The number of benzene rings is 2. The number of para-hydroxylation sites is 2. The van der Waals surface area contributed by atoms with Gasteiger partial charge in [-0.1, -0.05) is 12.1 Å². The second-order valence-electron chi connectivity index (χ2n) is 4.79. The molecule has 0 spiro atoms. The fourth-order valence-electron chi connectivity index (χ4n) is 2.14. The van der Waals surface area contributed by atoms with Crippen molar-refractivity contribution >= 4 is 17.4 Å². The Bertz CT molecular complexity index is 954. The molecule has 0 aromatic heterocycles. The number of hydrazone groups is 1. The van der Waals surface area contributed by atoms with Gasteiger partial charge in [-0.05, 0) is 24.3 Å². The summed E-state index contributed by atoms with van der Waals surface area (Å²) >= 11 is 0. The Morgan fingerprint density at radius 1 is 1.12 bits per heavy atom. The number of nitrogens with one attached hydrogen (secondary N) is 1. The number of methoxy groups -OCH3 is 1. The van der Waals surface area contributed by atoms with Crippen LogP contribution < -0.4 is 14.9 Å². The molecule has 1 aliphatic rings. The highest BCUT2D eigenvalue weighted by Crippen LogP contribution is 2.49. The second kappa shape index (κ2) is 6.60. The summed E-state index contributed by atoms with van der Waals surface area (Å²) in [5, 5.41) is 21.2. The van der Waals surface area contributed by atoms with E-state index in [9.17, 15) is 4.79 Å². The lowest BCUT2D eigenvalue weighted by Crippen LogP contribution is -2.07. The Labute approximate surface area is 142 Å². The number of hydrogen-bond acceptors (Lipinski definition) is 8. The Kier molecular flexibility index (Phi) is 4.18. The summed E-state index contributed by atoms with van der Waals surface area (Å²) in [7, 11) is 1.25. The molecule has 0 saturated carbocycles. The van der Waals surface area contributed by atoms with Crippen LogP contribution >= 0.6 is 0 Å². The smallest absolute Gasteiger partial charge is 0.338 e. The van der Waals surface area contributed by atoms with Crippen LogP contribution in [-0.2, 0) is 4.74 Å². The first kappa shape index (κ1) is 15.8. The molecule has 0 bridgehead atoms. The number of hydrogen-bond donors (Lipinski definition) is 1. The molecule has 2 aromatic carbocycles. The van der Waals surface area contributed by atoms with Gasteiger partial charge in [0.15, 0.2) is 23.0 Å². The van der Waals surface area contributed by atoms with Gasteiger partial charge in [-0.15, -0.1) is 0 Å². The molecule has 0 unspecified atom stereocenters. The number of carbonyl (C=O) groups is 1. The normalized spacial score (nSPS) is 10.5. The van der Waals surface area contributed by atoms with E-state index < -0.39 is 5.97 Å². The molecular weight excluding hydrogens is 324 g/mol. The third-order valence-corrected chi connectivity index (χ3v) is 3.26. The molecule has 0 fully saturated rings. The van der Waals surface area contributed by atoms with Crippen molar-refractivity contribution in [1.82, 2.24) is 0 Å². The number of esters is 1. The van der Waals surface area contributed by atoms with Crippen LogP contribution in [0.3, 0.4) is 0 Å². The maximum atomic E-state index is 11.9. The lowest BCUT2D eigenvalue weighted by Gasteiger charge is -2.23. The summed E-state index contributed by atoms with van der Waals surface area (Å²) in [6, 6.07) is 13.2. The number of ether oxygens (including phenoxy) is 3. The average molecular weight is 334 g/mol. The Morgan fingerprint density at radius 3 is 2.44 bits per heavy atom. The van der Waals surface area contributed by atoms with Gasteiger partial charge in [-0.25, -0.2) is 4.79 Å². The lowest BCUT2D eigenvalue weighted by atomic mass is 10.1. The quantitative estimate of drug-likeness (QED) is 0.444. The molecule has 0 aliphatic carbocycles. The van der Waals surface area contributed by atoms with Gasteiger partial charge >= 0.3 is 5.97 Å². The number of fused-ring (bicyclic) bond motifs is 2. The van der Waals surface area contributed by atoms with E-state index in [2.05, 4.69) is 10.5 Å². The SMILES string of the molecule is COC(=O)c1cc(NN=C(C#N)C#N)c2c(c1)Oc1ccccc1O2. The van der Waals surface area contributed by atoms with Gasteiger partial charge in [0.25, 0.3) is 0 Å². The maximum Gasteiger partial charge on any atom is 0.338 e. The predicted octanol–water partition coefficient (Wildman–Crippen LogP) is 3.19. The Morgan fingerprint density at radius 2 is 1.80 bits per heavy atom. The molecule has 1 heterocycles. The standard InChI is InChI=1S/C17H10N4O4/c1-23-17(22)10-6-12(21-20-11(8-18)9-19)16-15(7-10)24-13-4-2-3-5-14(13)25-16/h2-7,21H,1H3. The van der Waals surface area contributed by atoms with Crippen LogP contribution in [0.5, 0.6) is 23.0 Å². The summed E-state index contributed by atoms with van der Waals surface area (Å²) in [6.45, 7) is 0. The summed E-state index contributed by atoms with van der Waals surface area (Å²) in [6.07, 6.45) is 0. The molecular formula is C17H10N4O4. The molecule has 3 rings (SSSR count). The molecule has 0 radical (unpaired) electrons. The highest BCUT2D eigenvalue weighted by molar-refractivity contribution is 6.10. The van der Waals surface area contributed by atoms with E-state index in [0.29, 0.717) is 11.5 Å². The van der Waals surface area contributed by atoms with E-state index in [0.717, 1.165) is 0 Å². The van der Waals surface area contributed by atoms with Gasteiger partial charge in [-0.3, -0.25) is 5.43 Å². The average Bonchev–Trinajstić information content (AvgIpc) is 2.66. The molecule has 0 saturated heterocycles. The van der Waals surface area contributed by atoms with E-state index in [1.165, 1.54) is 19.2 Å². The zero-order valence-electron chi connectivity index (χ0n) is 12.9. The third-order valence-electron chi connectivity index (χ3n) is 3.26. The summed E-state index contributed by atoms with van der Waals surface area (Å²) in [5.41, 5.74) is 2.61. The first-order valence-corrected chi connectivity index (χ1v) is 7.01. The molecule has 8 nitrogen and oxygen atoms in total. The molecule has 25 heavy (non-hydrogen) atoms. The monoisotopic (exact) mass is 334 g/mol. The highest BCUT2D eigenvalue weighted by Gasteiger charge is 2.24. The first-order chi connectivity index (χ1) is 12.2. The van der Waals surface area contributed by atoms with Crippen molar-refractivity contribution < 1.29 is 19.0 Å². The van der Waals surface area contributed by atoms with Crippen molar-refractivity contribution in [2.45, 2.75) is 0 Å². The molecule has 1 N–H and O–H groups in total. The minimum absolute atomic E-state index is 0.192. The van der Waals surface area contributed by atoms with Crippen LogP contribution in [0.15, 0.2) is 41.5 Å². The molecule has 8 heteroatoms. The topological polar surface area (TPSA) is 117 Å². The Hall–Kier alpha value is -4.04. The van der Waals surface area contributed by atoms with E-state index in [1.54, 1.807) is 36.4 Å². The van der Waals surface area contributed by atoms with Crippen molar-refractivity contribution in [3.8, 4) is 35.1 Å². The Balaban J connectivity index is 2.08. The van der Waals surface area contributed by atoms with Crippen LogP contribution in [0.1, 0.15) is 10.4 Å². The molecule has 0 amide bonds. The van der Waals surface area contributed by atoms with E-state index in [4.69, 9.17) is 24.7 Å². The predicted molar refractivity (Wildman–Crippen MR) is 86.7 cm³/mol. The minimum atomic E-state index is -0.585. The zero-order chi connectivity index (χ0) is 17.8. The van der Waals surface area contributed by atoms with Crippen LogP contribution in [-0.4, -0.2) is 18.8 Å². The second-order valence-corrected chi connectivity index (χ2v) is 4.79. The van der Waals surface area contributed by atoms with Gasteiger partial charge in [-0.2, -0.15) is 15.6 Å². The molecule has 122 valence electrons. The number of nitrogens with zero attached hydrogens (tertiary/aromatic N) is 3. The van der Waals surface area contributed by atoms with E-state index >= 15 is 0 Å². The van der Waals surface area contributed by atoms with Crippen molar-refractivity contribution in [2.24, 2.45) is 5.10 Å². The zero-order valence-corrected chi connectivity index (χ0v) is 12.9. The van der Waals surface area contributed by atoms with Gasteiger partial charge in [0.1, 0.15) is 17.8 Å². The number of nitriles is 2. The molecule has 2 aromatic rings. The van der Waals surface area contributed by atoms with Crippen LogP contribution in [0.2, 0.25) is 0 Å². The maximum absolute atomic E-state index is 11.9. The van der Waals surface area contributed by atoms with Crippen molar-refractivity contribution in [3.63, 3.8) is 0 Å². The van der Waals surface area contributed by atoms with Crippen LogP contribution in [0.25, 0.3) is 0 Å². The highest BCUT2D eigenvalue weighted by atomic mass is 16.6. The summed E-state index contributed by atoms with van der Waals surface area (Å²) < 4.78 is 16.3. The lowest BCUT2D eigenvalue weighted by molar-refractivity contribution is 0.0600. The molecule has 0 atom stereocenters. The fourth-order valence-corrected chi connectivity index (χ4v) is 2.14. The van der Waals surface area contributed by atoms with Gasteiger partial charge in [0.2, 0.25) is 5.71 Å². The van der Waals surface area contributed by atoms with Crippen LogP contribution in [0, 0.1) is 22.7 Å². The van der Waals surface area contributed by atoms with Crippen molar-refractivity contribution in [1.29, 1.82) is 10.5 Å². The van der Waals surface area contributed by atoms with E-state index in [-0.39, 0.29) is 28.5 Å². The van der Waals surface area contributed by atoms with Crippen molar-refractivity contribution in [3.05, 3.63) is 42.0 Å². The van der Waals surface area contributed by atoms with Crippen molar-refractivity contribution in [2.75, 3.05) is 12.5 Å². The van der Waals surface area contributed by atoms with Gasteiger partial charge in [0, 0.05) is 0 Å². The first-order valence-electron chi connectivity index (χ1n) is 7.01. The van der Waals surface area contributed by atoms with Gasteiger partial charge < -0.3 is 14.2 Å². The minimum Gasteiger partial charge on any atom is -0.465 e. The third kappa shape index (κ3) is 3.05. The van der Waals surface area contributed by atoms with Crippen LogP contribution in [0.4, 0.5) is 5.69 Å². The molecule has 1 aliphatic heterocycles. The number of carbonyl (C=O) groups excluding carboxylic acids is 1. The summed E-state index contributed by atoms with van der Waals surface area (Å²) in [4.78, 5) is 11.9. The van der Waals surface area contributed by atoms with E-state index in [1.807, 2.05) is 0 Å². The summed E-state index contributed by atoms with van der Waals surface area (Å²) in [5.74, 6) is 0.924. The fraction of sp³-hybridized carbons (Fsp3) is 0.0588. The largest absolute Gasteiger partial charge is 0.465 e. The van der Waals surface area contributed by atoms with Gasteiger partial charge in [0.05, 0.1) is 12.7 Å². The number of rotatable bonds is 3.